The van der Waals surface area contributed by atoms with Crippen molar-refractivity contribution in [1.29, 1.82) is 0 Å². The lowest BCUT2D eigenvalue weighted by atomic mass is 10.0. The zero-order chi connectivity index (χ0) is 22.0. The lowest BCUT2D eigenvalue weighted by molar-refractivity contribution is -0.118. The average molecular weight is 439 g/mol. The van der Waals surface area contributed by atoms with Crippen LogP contribution in [-0.4, -0.2) is 26.8 Å². The maximum atomic E-state index is 14.0. The molecular weight excluding hydrogens is 415 g/mol. The molecule has 1 aromatic heterocycles. The van der Waals surface area contributed by atoms with Crippen molar-refractivity contribution >= 4 is 23.4 Å². The number of hydrogen-bond donors (Lipinski definition) is 0. The Morgan fingerprint density at radius 3 is 2.81 bits per heavy atom. The Labute approximate surface area is 184 Å². The van der Waals surface area contributed by atoms with Crippen molar-refractivity contribution in [2.24, 2.45) is 0 Å². The van der Waals surface area contributed by atoms with Crippen LogP contribution in [0.5, 0.6) is 5.88 Å². The van der Waals surface area contributed by atoms with E-state index in [1.807, 2.05) is 25.1 Å². The number of aromatic nitrogens is 3. The highest BCUT2D eigenvalue weighted by Crippen LogP contribution is 2.43. The highest BCUT2D eigenvalue weighted by molar-refractivity contribution is 7.99. The number of carbonyl (C=O) groups is 1. The van der Waals surface area contributed by atoms with E-state index >= 15 is 0 Å². The van der Waals surface area contributed by atoms with Crippen LogP contribution in [0.25, 0.3) is 11.3 Å². The van der Waals surface area contributed by atoms with E-state index in [0.29, 0.717) is 27.7 Å². The minimum atomic E-state index is -0.888. The van der Waals surface area contributed by atoms with Gasteiger partial charge in [-0.25, -0.2) is 4.39 Å². The molecule has 1 aliphatic rings. The van der Waals surface area contributed by atoms with Gasteiger partial charge in [0.15, 0.2) is 5.69 Å². The van der Waals surface area contributed by atoms with E-state index in [4.69, 9.17) is 4.74 Å². The molecule has 8 heteroatoms. The van der Waals surface area contributed by atoms with E-state index < -0.39 is 12.0 Å². The molecule has 0 fully saturated rings. The van der Waals surface area contributed by atoms with Crippen molar-refractivity contribution in [3.63, 3.8) is 0 Å². The lowest BCUT2D eigenvalue weighted by Crippen LogP contribution is -2.36. The van der Waals surface area contributed by atoms with E-state index in [9.17, 15) is 9.18 Å². The number of amides is 1. The van der Waals surface area contributed by atoms with Gasteiger partial charge in [0.25, 0.3) is 0 Å². The average Bonchev–Trinajstić information content (AvgIpc) is 2.88. The fourth-order valence-corrected chi connectivity index (χ4v) is 4.33. The van der Waals surface area contributed by atoms with Crippen LogP contribution in [0.4, 0.5) is 10.1 Å². The molecule has 4 rings (SSSR count). The third-order valence-electron chi connectivity index (χ3n) is 4.96. The Balaban J connectivity index is 1.89. The van der Waals surface area contributed by atoms with Gasteiger partial charge in [-0.05, 0) is 37.6 Å². The Morgan fingerprint density at radius 1 is 1.23 bits per heavy atom. The van der Waals surface area contributed by atoms with Gasteiger partial charge in [0.05, 0.1) is 5.69 Å². The highest BCUT2D eigenvalue weighted by atomic mass is 32.2. The largest absolute Gasteiger partial charge is 0.447 e. The van der Waals surface area contributed by atoms with Gasteiger partial charge >= 0.3 is 0 Å². The molecule has 3 aromatic rings. The number of rotatable bonds is 5. The molecule has 2 aromatic carbocycles. The van der Waals surface area contributed by atoms with Crippen LogP contribution in [-0.2, 0) is 4.79 Å². The molecule has 160 valence electrons. The Kier molecular flexibility index (Phi) is 6.18. The first-order chi connectivity index (χ1) is 15.0. The van der Waals surface area contributed by atoms with Gasteiger partial charge < -0.3 is 4.74 Å². The second-order valence-electron chi connectivity index (χ2n) is 7.38. The standard InChI is InChI=1S/C23H23FN4O2S/c1-4-5-11-31-23-25-21-20(26-27-23)18-12-14(2)9-10-19(18)28(15(3)29)22(30-21)16-7-6-8-17(24)13-16/h6-10,12-13,22H,4-5,11H2,1-3H3. The number of thioether (sulfide) groups is 1. The molecule has 0 aliphatic carbocycles. The summed E-state index contributed by atoms with van der Waals surface area (Å²) in [7, 11) is 0. The van der Waals surface area contributed by atoms with Crippen LogP contribution in [0.15, 0.2) is 47.6 Å². The molecule has 1 unspecified atom stereocenters. The van der Waals surface area contributed by atoms with Crippen molar-refractivity contribution in [3.05, 3.63) is 59.4 Å². The number of hydrogen-bond acceptors (Lipinski definition) is 6. The summed E-state index contributed by atoms with van der Waals surface area (Å²) in [6, 6.07) is 11.7. The van der Waals surface area contributed by atoms with Gasteiger partial charge in [-0.15, -0.1) is 10.2 Å². The molecule has 1 aliphatic heterocycles. The first kappa shape index (κ1) is 21.2. The summed E-state index contributed by atoms with van der Waals surface area (Å²) >= 11 is 1.51. The molecule has 0 bridgehead atoms. The van der Waals surface area contributed by atoms with Gasteiger partial charge in [-0.3, -0.25) is 9.69 Å². The van der Waals surface area contributed by atoms with Crippen LogP contribution >= 0.6 is 11.8 Å². The number of carbonyl (C=O) groups excluding carboxylic acids is 1. The van der Waals surface area contributed by atoms with E-state index in [1.54, 1.807) is 12.1 Å². The molecule has 0 N–H and O–H groups in total. The summed E-state index contributed by atoms with van der Waals surface area (Å²) in [6.45, 7) is 5.54. The van der Waals surface area contributed by atoms with Gasteiger partial charge in [-0.1, -0.05) is 48.9 Å². The van der Waals surface area contributed by atoms with E-state index in [2.05, 4.69) is 22.1 Å². The second kappa shape index (κ2) is 9.01. The number of fused-ring (bicyclic) bond motifs is 3. The van der Waals surface area contributed by atoms with E-state index in [-0.39, 0.29) is 11.8 Å². The van der Waals surface area contributed by atoms with Crippen LogP contribution in [0.1, 0.15) is 44.0 Å². The predicted molar refractivity (Wildman–Crippen MR) is 119 cm³/mol. The molecule has 0 saturated heterocycles. The molecular formula is C23H23FN4O2S. The van der Waals surface area contributed by atoms with Crippen molar-refractivity contribution in [2.75, 3.05) is 10.7 Å². The number of anilines is 1. The van der Waals surface area contributed by atoms with Crippen molar-refractivity contribution in [2.45, 2.75) is 45.0 Å². The maximum Gasteiger partial charge on any atom is 0.247 e. The van der Waals surface area contributed by atoms with E-state index in [0.717, 1.165) is 24.2 Å². The fourth-order valence-electron chi connectivity index (χ4n) is 3.46. The molecule has 2 heterocycles. The minimum absolute atomic E-state index is 0.238. The number of benzene rings is 2. The zero-order valence-electron chi connectivity index (χ0n) is 17.6. The van der Waals surface area contributed by atoms with Gasteiger partial charge in [0.1, 0.15) is 5.82 Å². The smallest absolute Gasteiger partial charge is 0.247 e. The van der Waals surface area contributed by atoms with Crippen molar-refractivity contribution in [1.82, 2.24) is 15.2 Å². The van der Waals surface area contributed by atoms with Crippen LogP contribution < -0.4 is 9.64 Å². The van der Waals surface area contributed by atoms with Crippen LogP contribution in [0, 0.1) is 12.7 Å². The summed E-state index contributed by atoms with van der Waals surface area (Å²) in [4.78, 5) is 18.9. The van der Waals surface area contributed by atoms with Crippen molar-refractivity contribution in [3.8, 4) is 17.1 Å². The third kappa shape index (κ3) is 4.39. The summed E-state index contributed by atoms with van der Waals surface area (Å²) in [5, 5.41) is 9.19. The maximum absolute atomic E-state index is 14.0. The summed E-state index contributed by atoms with van der Waals surface area (Å²) in [5.74, 6) is 0.505. The molecule has 31 heavy (non-hydrogen) atoms. The molecule has 1 atom stereocenters. The van der Waals surface area contributed by atoms with Crippen LogP contribution in [0.3, 0.4) is 0 Å². The summed E-state index contributed by atoms with van der Waals surface area (Å²) in [6.07, 6.45) is 1.22. The Morgan fingerprint density at radius 2 is 2.06 bits per heavy atom. The fraction of sp³-hybridized carbons (Fsp3) is 0.304. The predicted octanol–water partition coefficient (Wildman–Crippen LogP) is 5.32. The molecule has 0 spiro atoms. The topological polar surface area (TPSA) is 68.2 Å². The molecule has 6 nitrogen and oxygen atoms in total. The number of nitrogens with zero attached hydrogens (tertiary/aromatic N) is 4. The third-order valence-corrected chi connectivity index (χ3v) is 5.89. The molecule has 1 amide bonds. The molecule has 0 saturated carbocycles. The number of ether oxygens (including phenoxy) is 1. The van der Waals surface area contributed by atoms with Crippen LogP contribution in [0.2, 0.25) is 0 Å². The second-order valence-corrected chi connectivity index (χ2v) is 8.45. The number of unbranched alkanes of at least 4 members (excludes halogenated alkanes) is 1. The quantitative estimate of drug-likeness (QED) is 0.397. The normalized spacial score (nSPS) is 15.0. The Hall–Kier alpha value is -3.00. The monoisotopic (exact) mass is 438 g/mol. The van der Waals surface area contributed by atoms with Crippen molar-refractivity contribution < 1.29 is 13.9 Å². The van der Waals surface area contributed by atoms with Gasteiger partial charge in [0, 0.05) is 23.8 Å². The first-order valence-corrected chi connectivity index (χ1v) is 11.2. The Bertz CT molecular complexity index is 1120. The zero-order valence-corrected chi connectivity index (χ0v) is 18.4. The highest BCUT2D eigenvalue weighted by Gasteiger charge is 2.34. The first-order valence-electron chi connectivity index (χ1n) is 10.2. The number of halogens is 1. The summed E-state index contributed by atoms with van der Waals surface area (Å²) in [5.41, 5.74) is 3.29. The lowest BCUT2D eigenvalue weighted by Gasteiger charge is -2.30. The van der Waals surface area contributed by atoms with Gasteiger partial charge in [0.2, 0.25) is 23.2 Å². The van der Waals surface area contributed by atoms with E-state index in [1.165, 1.54) is 35.7 Å². The molecule has 0 radical (unpaired) electrons. The minimum Gasteiger partial charge on any atom is -0.447 e. The number of aryl methyl sites for hydroxylation is 1. The SMILES string of the molecule is CCCCSc1nnc2c(n1)OC(c1cccc(F)c1)N(C(C)=O)c1ccc(C)cc1-2. The summed E-state index contributed by atoms with van der Waals surface area (Å²) < 4.78 is 20.3. The van der Waals surface area contributed by atoms with Gasteiger partial charge in [-0.2, -0.15) is 4.98 Å².